The van der Waals surface area contributed by atoms with Crippen molar-refractivity contribution in [3.05, 3.63) is 53.8 Å². The van der Waals surface area contributed by atoms with Gasteiger partial charge in [0.05, 0.1) is 6.10 Å². The lowest BCUT2D eigenvalue weighted by molar-refractivity contribution is -0.114. The third kappa shape index (κ3) is 8.24. The molecule has 0 radical (unpaired) electrons. The van der Waals surface area contributed by atoms with Crippen molar-refractivity contribution in [2.24, 2.45) is 5.92 Å². The van der Waals surface area contributed by atoms with Gasteiger partial charge in [0.15, 0.2) is 0 Å². The minimum Gasteiger partial charge on any atom is -0.507 e. The lowest BCUT2D eigenvalue weighted by Crippen LogP contribution is -2.28. The standard InChI is InChI=1S/C26H33NO5/c1-3-4-5-6-16-24(30)27-17-10-14-21-18-23(29)19(2)11-7-8-12-20-13-9-15-22(28)25(20)26(31)32-21/h7-10,13,15,17,19,21,23,28-29H,3-5,11-12,14,18H2,1-2H3,(H,27,30)/b8-7+,17-10+. The average Bonchev–Trinajstić information content (AvgIpc) is 2.76. The third-order valence-electron chi connectivity index (χ3n) is 5.37. The van der Waals surface area contributed by atoms with Gasteiger partial charge in [-0.15, -0.1) is 0 Å². The molecule has 3 atom stereocenters. The Kier molecular flexibility index (Phi) is 10.6. The van der Waals surface area contributed by atoms with E-state index in [0.29, 0.717) is 31.2 Å². The molecule has 1 aromatic rings. The van der Waals surface area contributed by atoms with Gasteiger partial charge in [-0.05, 0) is 42.7 Å². The van der Waals surface area contributed by atoms with Crippen LogP contribution in [0.4, 0.5) is 0 Å². The Labute approximate surface area is 190 Å². The Hall–Kier alpha value is -3.04. The van der Waals surface area contributed by atoms with E-state index >= 15 is 0 Å². The van der Waals surface area contributed by atoms with E-state index in [1.165, 1.54) is 12.3 Å². The summed E-state index contributed by atoms with van der Waals surface area (Å²) in [7, 11) is 0. The molecule has 32 heavy (non-hydrogen) atoms. The number of benzene rings is 1. The van der Waals surface area contributed by atoms with E-state index in [4.69, 9.17) is 4.74 Å². The zero-order valence-corrected chi connectivity index (χ0v) is 18.8. The van der Waals surface area contributed by atoms with Crippen molar-refractivity contribution < 1.29 is 24.5 Å². The largest absolute Gasteiger partial charge is 0.507 e. The number of phenolic OH excluding ortho intramolecular Hbond substituents is 1. The summed E-state index contributed by atoms with van der Waals surface area (Å²) < 4.78 is 5.67. The van der Waals surface area contributed by atoms with E-state index in [0.717, 1.165) is 12.8 Å². The van der Waals surface area contributed by atoms with Crippen molar-refractivity contribution in [1.29, 1.82) is 0 Å². The smallest absolute Gasteiger partial charge is 0.342 e. The molecule has 6 nitrogen and oxygen atoms in total. The molecule has 0 spiro atoms. The normalized spacial score (nSPS) is 22.5. The van der Waals surface area contributed by atoms with Crippen LogP contribution < -0.4 is 5.32 Å². The van der Waals surface area contributed by atoms with Crippen LogP contribution in [0.25, 0.3) is 0 Å². The average molecular weight is 440 g/mol. The van der Waals surface area contributed by atoms with Crippen molar-refractivity contribution in [3.63, 3.8) is 0 Å². The van der Waals surface area contributed by atoms with Gasteiger partial charge in [-0.25, -0.2) is 4.79 Å². The quantitative estimate of drug-likeness (QED) is 0.279. The number of esters is 1. The van der Waals surface area contributed by atoms with Crippen molar-refractivity contribution in [3.8, 4) is 17.6 Å². The number of hydrogen-bond donors (Lipinski definition) is 3. The zero-order chi connectivity index (χ0) is 23.3. The van der Waals surface area contributed by atoms with Crippen molar-refractivity contribution in [1.82, 2.24) is 5.32 Å². The van der Waals surface area contributed by atoms with E-state index in [-0.39, 0.29) is 23.7 Å². The fourth-order valence-electron chi connectivity index (χ4n) is 3.37. The van der Waals surface area contributed by atoms with Crippen molar-refractivity contribution in [2.45, 2.75) is 71.0 Å². The molecule has 2 rings (SSSR count). The van der Waals surface area contributed by atoms with Gasteiger partial charge in [-0.2, -0.15) is 0 Å². The lowest BCUT2D eigenvalue weighted by atomic mass is 9.93. The topological polar surface area (TPSA) is 95.9 Å². The lowest BCUT2D eigenvalue weighted by Gasteiger charge is -2.24. The van der Waals surface area contributed by atoms with E-state index in [2.05, 4.69) is 24.1 Å². The van der Waals surface area contributed by atoms with Crippen LogP contribution in [0.1, 0.15) is 68.3 Å². The summed E-state index contributed by atoms with van der Waals surface area (Å²) >= 11 is 0. The first kappa shape index (κ1) is 25.2. The molecule has 1 amide bonds. The molecule has 1 aliphatic rings. The van der Waals surface area contributed by atoms with Crippen LogP contribution in [0, 0.1) is 17.8 Å². The van der Waals surface area contributed by atoms with Crippen LogP contribution in [0.2, 0.25) is 0 Å². The highest BCUT2D eigenvalue weighted by Gasteiger charge is 2.25. The van der Waals surface area contributed by atoms with Gasteiger partial charge in [-0.1, -0.05) is 56.5 Å². The number of ether oxygens (including phenoxy) is 1. The van der Waals surface area contributed by atoms with Gasteiger partial charge in [-0.3, -0.25) is 4.79 Å². The van der Waals surface area contributed by atoms with Gasteiger partial charge in [0, 0.05) is 25.5 Å². The second kappa shape index (κ2) is 13.4. The maximum Gasteiger partial charge on any atom is 0.342 e. The number of cyclic esters (lactones) is 1. The summed E-state index contributed by atoms with van der Waals surface area (Å²) in [5.41, 5.74) is 0.827. The summed E-state index contributed by atoms with van der Waals surface area (Å²) in [6.45, 7) is 4.01. The van der Waals surface area contributed by atoms with Crippen molar-refractivity contribution in [2.75, 3.05) is 0 Å². The maximum absolute atomic E-state index is 12.9. The van der Waals surface area contributed by atoms with Gasteiger partial charge in [0.2, 0.25) is 0 Å². The Balaban J connectivity index is 2.10. The predicted molar refractivity (Wildman–Crippen MR) is 124 cm³/mol. The molecule has 0 saturated heterocycles. The van der Waals surface area contributed by atoms with E-state index < -0.39 is 24.1 Å². The number of allylic oxidation sites excluding steroid dienone is 2. The summed E-state index contributed by atoms with van der Waals surface area (Å²) in [6.07, 6.45) is 10.2. The van der Waals surface area contributed by atoms with Crippen LogP contribution in [-0.2, 0) is 16.0 Å². The highest BCUT2D eigenvalue weighted by Crippen LogP contribution is 2.26. The highest BCUT2D eigenvalue weighted by molar-refractivity contribution is 5.94. The Morgan fingerprint density at radius 1 is 1.34 bits per heavy atom. The number of aliphatic hydroxyl groups is 1. The minimum atomic E-state index is -0.659. The number of carbonyl (C=O) groups excluding carboxylic acids is 2. The molecule has 3 unspecified atom stereocenters. The molecule has 1 aliphatic heterocycles. The molecule has 0 fully saturated rings. The van der Waals surface area contributed by atoms with Gasteiger partial charge in [0.1, 0.15) is 17.4 Å². The maximum atomic E-state index is 12.9. The van der Waals surface area contributed by atoms with E-state index in [1.54, 1.807) is 18.2 Å². The SMILES string of the molecule is CCCCC#CC(=O)N/C=C/CC1CC(O)C(C)C/C=C/Cc2cccc(O)c2C(=O)O1. The number of aliphatic hydroxyl groups excluding tert-OH is 1. The second-order valence-electron chi connectivity index (χ2n) is 8.05. The van der Waals surface area contributed by atoms with Crippen LogP contribution in [-0.4, -0.2) is 34.3 Å². The van der Waals surface area contributed by atoms with Crippen LogP contribution in [0.3, 0.4) is 0 Å². The van der Waals surface area contributed by atoms with E-state index in [9.17, 15) is 19.8 Å². The summed E-state index contributed by atoms with van der Waals surface area (Å²) in [4.78, 5) is 24.6. The number of rotatable bonds is 5. The molecule has 0 bridgehead atoms. The Bertz CT molecular complexity index is 893. The van der Waals surface area contributed by atoms with Gasteiger partial charge >= 0.3 is 5.97 Å². The van der Waals surface area contributed by atoms with Crippen molar-refractivity contribution >= 4 is 11.9 Å². The monoisotopic (exact) mass is 439 g/mol. The molecular weight excluding hydrogens is 406 g/mol. The molecule has 0 aliphatic carbocycles. The first-order chi connectivity index (χ1) is 15.4. The van der Waals surface area contributed by atoms with Crippen LogP contribution in [0.15, 0.2) is 42.6 Å². The second-order valence-corrected chi connectivity index (χ2v) is 8.05. The minimum absolute atomic E-state index is 0.00222. The van der Waals surface area contributed by atoms with Gasteiger partial charge < -0.3 is 20.3 Å². The van der Waals surface area contributed by atoms with Gasteiger partial charge in [0.25, 0.3) is 5.91 Å². The number of amides is 1. The van der Waals surface area contributed by atoms with Crippen LogP contribution >= 0.6 is 0 Å². The summed E-state index contributed by atoms with van der Waals surface area (Å²) in [5, 5.41) is 23.4. The third-order valence-corrected chi connectivity index (χ3v) is 5.37. The molecule has 0 saturated carbocycles. The summed E-state index contributed by atoms with van der Waals surface area (Å²) in [5.74, 6) is 4.19. The number of phenols is 1. The highest BCUT2D eigenvalue weighted by atomic mass is 16.5. The first-order valence-corrected chi connectivity index (χ1v) is 11.2. The fraction of sp³-hybridized carbons (Fsp3) is 0.462. The molecule has 1 aromatic carbocycles. The molecule has 1 heterocycles. The number of nitrogens with one attached hydrogen (secondary N) is 1. The number of carbonyl (C=O) groups is 2. The molecule has 172 valence electrons. The number of fused-ring (bicyclic) bond motifs is 1. The predicted octanol–water partition coefficient (Wildman–Crippen LogP) is 4.02. The number of hydrogen-bond acceptors (Lipinski definition) is 5. The molecule has 6 heteroatoms. The Morgan fingerprint density at radius 3 is 2.94 bits per heavy atom. The number of aromatic hydroxyl groups is 1. The van der Waals surface area contributed by atoms with E-state index in [1.807, 2.05) is 19.1 Å². The number of unbranched alkanes of at least 4 members (excludes halogenated alkanes) is 2. The molecule has 3 N–H and O–H groups in total. The van der Waals surface area contributed by atoms with Crippen LogP contribution in [0.5, 0.6) is 5.75 Å². The molecule has 0 aromatic heterocycles. The fourth-order valence-corrected chi connectivity index (χ4v) is 3.37. The zero-order valence-electron chi connectivity index (χ0n) is 18.8. The molecular formula is C26H33NO5. The summed E-state index contributed by atoms with van der Waals surface area (Å²) in [6, 6.07) is 4.94. The Morgan fingerprint density at radius 2 is 2.16 bits per heavy atom. The first-order valence-electron chi connectivity index (χ1n) is 11.2.